The SMILES string of the molecule is CC(C)C(=O)NNC(=O)COc1ccccc1Cc1ccccc1. The van der Waals surface area contributed by atoms with Crippen LogP contribution in [0.5, 0.6) is 5.75 Å². The van der Waals surface area contributed by atoms with Gasteiger partial charge in [0.05, 0.1) is 0 Å². The average molecular weight is 326 g/mol. The third-order valence-electron chi connectivity index (χ3n) is 3.42. The first-order chi connectivity index (χ1) is 11.6. The number of benzene rings is 2. The standard InChI is InChI=1S/C19H22N2O3/c1-14(2)19(23)21-20-18(22)13-24-17-11-7-6-10-16(17)12-15-8-4-3-5-9-15/h3-11,14H,12-13H2,1-2H3,(H,20,22)(H,21,23). The van der Waals surface area contributed by atoms with E-state index < -0.39 is 5.91 Å². The van der Waals surface area contributed by atoms with Gasteiger partial charge in [0, 0.05) is 12.3 Å². The summed E-state index contributed by atoms with van der Waals surface area (Å²) in [4.78, 5) is 23.2. The average Bonchev–Trinajstić information content (AvgIpc) is 2.59. The molecule has 5 heteroatoms. The quantitative estimate of drug-likeness (QED) is 0.801. The number of nitrogens with one attached hydrogen (secondary N) is 2. The summed E-state index contributed by atoms with van der Waals surface area (Å²) in [7, 11) is 0. The van der Waals surface area contributed by atoms with Crippen molar-refractivity contribution < 1.29 is 14.3 Å². The van der Waals surface area contributed by atoms with E-state index in [9.17, 15) is 9.59 Å². The second-order valence-corrected chi connectivity index (χ2v) is 5.75. The molecule has 0 heterocycles. The maximum atomic E-state index is 11.8. The molecular weight excluding hydrogens is 304 g/mol. The topological polar surface area (TPSA) is 67.4 Å². The maximum absolute atomic E-state index is 11.8. The third kappa shape index (κ3) is 5.43. The molecule has 0 aliphatic heterocycles. The molecule has 0 fully saturated rings. The minimum absolute atomic E-state index is 0.163. The van der Waals surface area contributed by atoms with Crippen molar-refractivity contribution in [3.05, 3.63) is 65.7 Å². The lowest BCUT2D eigenvalue weighted by atomic mass is 10.0. The highest BCUT2D eigenvalue weighted by Crippen LogP contribution is 2.21. The summed E-state index contributed by atoms with van der Waals surface area (Å²) in [5, 5.41) is 0. The van der Waals surface area contributed by atoms with Gasteiger partial charge in [-0.1, -0.05) is 62.4 Å². The second kappa shape index (κ2) is 8.72. The van der Waals surface area contributed by atoms with Gasteiger partial charge in [-0.25, -0.2) is 0 Å². The van der Waals surface area contributed by atoms with Crippen LogP contribution in [0, 0.1) is 5.92 Å². The molecule has 0 spiro atoms. The number of amides is 2. The molecule has 2 rings (SSSR count). The Hall–Kier alpha value is -2.82. The first-order valence-corrected chi connectivity index (χ1v) is 7.89. The van der Waals surface area contributed by atoms with Crippen LogP contribution in [-0.2, 0) is 16.0 Å². The summed E-state index contributed by atoms with van der Waals surface area (Å²) in [6.45, 7) is 3.33. The zero-order chi connectivity index (χ0) is 17.4. The Bertz CT molecular complexity index is 684. The first-order valence-electron chi connectivity index (χ1n) is 7.89. The summed E-state index contributed by atoms with van der Waals surface area (Å²) in [5.74, 6) is -0.184. The van der Waals surface area contributed by atoms with Gasteiger partial charge < -0.3 is 4.74 Å². The molecule has 0 atom stereocenters. The van der Waals surface area contributed by atoms with E-state index in [0.717, 1.165) is 12.0 Å². The molecule has 2 aromatic rings. The first kappa shape index (κ1) is 17.5. The molecule has 2 aromatic carbocycles. The molecular formula is C19H22N2O3. The van der Waals surface area contributed by atoms with Crippen LogP contribution in [0.2, 0.25) is 0 Å². The lowest BCUT2D eigenvalue weighted by Gasteiger charge is -2.13. The normalized spacial score (nSPS) is 10.3. The van der Waals surface area contributed by atoms with Crippen molar-refractivity contribution in [3.63, 3.8) is 0 Å². The van der Waals surface area contributed by atoms with E-state index in [4.69, 9.17) is 4.74 Å². The largest absolute Gasteiger partial charge is 0.483 e. The van der Waals surface area contributed by atoms with Crippen LogP contribution in [0.15, 0.2) is 54.6 Å². The van der Waals surface area contributed by atoms with Crippen molar-refractivity contribution in [1.29, 1.82) is 0 Å². The van der Waals surface area contributed by atoms with Gasteiger partial charge in [-0.05, 0) is 17.2 Å². The molecule has 0 aliphatic rings. The van der Waals surface area contributed by atoms with Gasteiger partial charge in [0.2, 0.25) is 5.91 Å². The monoisotopic (exact) mass is 326 g/mol. The highest BCUT2D eigenvalue weighted by atomic mass is 16.5. The smallest absolute Gasteiger partial charge is 0.276 e. The molecule has 0 aliphatic carbocycles. The molecule has 0 bridgehead atoms. The number of para-hydroxylation sites is 1. The van der Waals surface area contributed by atoms with Gasteiger partial charge in [-0.15, -0.1) is 0 Å². The number of carbonyl (C=O) groups is 2. The van der Waals surface area contributed by atoms with E-state index >= 15 is 0 Å². The molecule has 0 saturated carbocycles. The van der Waals surface area contributed by atoms with E-state index in [1.54, 1.807) is 13.8 Å². The fourth-order valence-electron chi connectivity index (χ4n) is 2.06. The predicted octanol–water partition coefficient (Wildman–Crippen LogP) is 2.46. The number of hydrazine groups is 1. The second-order valence-electron chi connectivity index (χ2n) is 5.75. The Morgan fingerprint density at radius 1 is 0.958 bits per heavy atom. The van der Waals surface area contributed by atoms with Gasteiger partial charge in [0.25, 0.3) is 5.91 Å². The Balaban J connectivity index is 1.91. The molecule has 2 N–H and O–H groups in total. The molecule has 0 aromatic heterocycles. The highest BCUT2D eigenvalue weighted by Gasteiger charge is 2.10. The molecule has 0 radical (unpaired) electrons. The maximum Gasteiger partial charge on any atom is 0.276 e. The van der Waals surface area contributed by atoms with Crippen molar-refractivity contribution >= 4 is 11.8 Å². The zero-order valence-electron chi connectivity index (χ0n) is 13.9. The van der Waals surface area contributed by atoms with Gasteiger partial charge in [0.15, 0.2) is 6.61 Å². The van der Waals surface area contributed by atoms with Crippen LogP contribution in [0.3, 0.4) is 0 Å². The van der Waals surface area contributed by atoms with Crippen LogP contribution in [0.25, 0.3) is 0 Å². The molecule has 5 nitrogen and oxygen atoms in total. The molecule has 2 amide bonds. The number of hydrogen-bond acceptors (Lipinski definition) is 3. The summed E-state index contributed by atoms with van der Waals surface area (Å²) < 4.78 is 5.60. The molecule has 0 unspecified atom stereocenters. The summed E-state index contributed by atoms with van der Waals surface area (Å²) in [6.07, 6.45) is 0.725. The zero-order valence-corrected chi connectivity index (χ0v) is 13.9. The fraction of sp³-hybridized carbons (Fsp3) is 0.263. The van der Waals surface area contributed by atoms with Crippen LogP contribution >= 0.6 is 0 Å². The lowest BCUT2D eigenvalue weighted by molar-refractivity contribution is -0.131. The molecule has 126 valence electrons. The summed E-state index contributed by atoms with van der Waals surface area (Å²) >= 11 is 0. The molecule has 24 heavy (non-hydrogen) atoms. The van der Waals surface area contributed by atoms with Crippen LogP contribution < -0.4 is 15.6 Å². The van der Waals surface area contributed by atoms with Crippen LogP contribution in [-0.4, -0.2) is 18.4 Å². The van der Waals surface area contributed by atoms with Gasteiger partial charge >= 0.3 is 0 Å². The third-order valence-corrected chi connectivity index (χ3v) is 3.42. The fourth-order valence-corrected chi connectivity index (χ4v) is 2.06. The predicted molar refractivity (Wildman–Crippen MR) is 92.3 cm³/mol. The van der Waals surface area contributed by atoms with Crippen LogP contribution in [0.1, 0.15) is 25.0 Å². The van der Waals surface area contributed by atoms with Crippen LogP contribution in [0.4, 0.5) is 0 Å². The van der Waals surface area contributed by atoms with Crippen molar-refractivity contribution in [2.45, 2.75) is 20.3 Å². The molecule has 0 saturated heterocycles. The van der Waals surface area contributed by atoms with Crippen molar-refractivity contribution in [3.8, 4) is 5.75 Å². The number of rotatable bonds is 6. The van der Waals surface area contributed by atoms with E-state index in [1.165, 1.54) is 5.56 Å². The lowest BCUT2D eigenvalue weighted by Crippen LogP contribution is -2.45. The minimum Gasteiger partial charge on any atom is -0.483 e. The number of ether oxygens (including phenoxy) is 1. The van der Waals surface area contributed by atoms with Gasteiger partial charge in [-0.2, -0.15) is 0 Å². The minimum atomic E-state index is -0.404. The summed E-state index contributed by atoms with van der Waals surface area (Å²) in [6, 6.07) is 17.7. The Morgan fingerprint density at radius 3 is 2.33 bits per heavy atom. The highest BCUT2D eigenvalue weighted by molar-refractivity contribution is 5.83. The van der Waals surface area contributed by atoms with Crippen molar-refractivity contribution in [1.82, 2.24) is 10.9 Å². The number of carbonyl (C=O) groups excluding carboxylic acids is 2. The van der Waals surface area contributed by atoms with Gasteiger partial charge in [-0.3, -0.25) is 20.4 Å². The van der Waals surface area contributed by atoms with E-state index in [-0.39, 0.29) is 18.4 Å². The van der Waals surface area contributed by atoms with E-state index in [0.29, 0.717) is 5.75 Å². The summed E-state index contributed by atoms with van der Waals surface area (Å²) in [5.41, 5.74) is 6.87. The Morgan fingerprint density at radius 2 is 1.62 bits per heavy atom. The Labute approximate surface area is 142 Å². The van der Waals surface area contributed by atoms with E-state index in [1.807, 2.05) is 54.6 Å². The van der Waals surface area contributed by atoms with Gasteiger partial charge in [0.1, 0.15) is 5.75 Å². The Kier molecular flexibility index (Phi) is 6.37. The van der Waals surface area contributed by atoms with E-state index in [2.05, 4.69) is 10.9 Å². The number of hydrogen-bond donors (Lipinski definition) is 2. The van der Waals surface area contributed by atoms with Crippen molar-refractivity contribution in [2.24, 2.45) is 5.92 Å². The van der Waals surface area contributed by atoms with Crippen molar-refractivity contribution in [2.75, 3.05) is 6.61 Å².